The van der Waals surface area contributed by atoms with E-state index in [1.807, 2.05) is 22.9 Å². The first-order valence-electron chi connectivity index (χ1n) is 5.29. The molecule has 0 aliphatic carbocycles. The SMILES string of the molecule is O=C(NCc1sccc1C#CCO)c1cccs1. The summed E-state index contributed by atoms with van der Waals surface area (Å²) in [6.45, 7) is 0.306. The Morgan fingerprint density at radius 3 is 2.94 bits per heavy atom. The molecule has 2 N–H and O–H groups in total. The minimum Gasteiger partial charge on any atom is -0.384 e. The number of rotatable bonds is 3. The van der Waals surface area contributed by atoms with E-state index in [-0.39, 0.29) is 12.5 Å². The lowest BCUT2D eigenvalue weighted by atomic mass is 10.2. The average Bonchev–Trinajstić information content (AvgIpc) is 3.04. The smallest absolute Gasteiger partial charge is 0.261 e. The van der Waals surface area contributed by atoms with Gasteiger partial charge in [0.1, 0.15) is 6.61 Å². The van der Waals surface area contributed by atoms with E-state index >= 15 is 0 Å². The summed E-state index contributed by atoms with van der Waals surface area (Å²) >= 11 is 2.96. The van der Waals surface area contributed by atoms with Crippen LogP contribution in [0.25, 0.3) is 0 Å². The van der Waals surface area contributed by atoms with Gasteiger partial charge in [0.15, 0.2) is 0 Å². The molecule has 0 unspecified atom stereocenters. The van der Waals surface area contributed by atoms with Gasteiger partial charge in [-0.1, -0.05) is 17.9 Å². The topological polar surface area (TPSA) is 49.3 Å². The monoisotopic (exact) mass is 277 g/mol. The maximum absolute atomic E-state index is 11.8. The van der Waals surface area contributed by atoms with Gasteiger partial charge in [-0.3, -0.25) is 4.79 Å². The van der Waals surface area contributed by atoms with Crippen molar-refractivity contribution in [2.45, 2.75) is 6.54 Å². The number of hydrogen-bond donors (Lipinski definition) is 2. The third-order valence-corrected chi connectivity index (χ3v) is 3.99. The number of aliphatic hydroxyl groups is 1. The Kier molecular flexibility index (Phi) is 4.53. The summed E-state index contributed by atoms with van der Waals surface area (Å²) in [6.07, 6.45) is 0. The molecule has 2 rings (SSSR count). The maximum atomic E-state index is 11.8. The fourth-order valence-corrected chi connectivity index (χ4v) is 2.79. The molecule has 0 spiro atoms. The lowest BCUT2D eigenvalue weighted by Gasteiger charge is -2.02. The Balaban J connectivity index is 1.98. The van der Waals surface area contributed by atoms with Crippen LogP contribution in [0.4, 0.5) is 0 Å². The van der Waals surface area contributed by atoms with Gasteiger partial charge in [-0.2, -0.15) is 0 Å². The highest BCUT2D eigenvalue weighted by molar-refractivity contribution is 7.12. The molecule has 0 aromatic carbocycles. The summed E-state index contributed by atoms with van der Waals surface area (Å²) in [5, 5.41) is 15.3. The molecular weight excluding hydrogens is 266 g/mol. The van der Waals surface area contributed by atoms with Crippen LogP contribution in [-0.4, -0.2) is 17.6 Å². The number of aliphatic hydroxyl groups excluding tert-OH is 1. The van der Waals surface area contributed by atoms with Crippen LogP contribution in [0.3, 0.4) is 0 Å². The molecule has 5 heteroatoms. The number of amides is 1. The first kappa shape index (κ1) is 12.8. The summed E-state index contributed by atoms with van der Waals surface area (Å²) in [5.41, 5.74) is 0.862. The van der Waals surface area contributed by atoms with Crippen LogP contribution in [0.1, 0.15) is 20.1 Å². The molecule has 0 saturated heterocycles. The van der Waals surface area contributed by atoms with Gasteiger partial charge < -0.3 is 10.4 Å². The van der Waals surface area contributed by atoms with Gasteiger partial charge in [0, 0.05) is 10.4 Å². The van der Waals surface area contributed by atoms with Crippen molar-refractivity contribution in [2.24, 2.45) is 0 Å². The number of hydrogen-bond acceptors (Lipinski definition) is 4. The number of thiophene rings is 2. The Morgan fingerprint density at radius 2 is 2.22 bits per heavy atom. The van der Waals surface area contributed by atoms with Gasteiger partial charge >= 0.3 is 0 Å². The Hall–Kier alpha value is -1.61. The van der Waals surface area contributed by atoms with Crippen molar-refractivity contribution in [2.75, 3.05) is 6.61 Å². The van der Waals surface area contributed by atoms with Crippen LogP contribution < -0.4 is 5.32 Å². The minimum absolute atomic E-state index is 0.0699. The molecule has 18 heavy (non-hydrogen) atoms. The normalized spacial score (nSPS) is 9.61. The molecule has 0 fully saturated rings. The molecule has 0 saturated carbocycles. The summed E-state index contributed by atoms with van der Waals surface area (Å²) in [5.74, 6) is 5.40. The highest BCUT2D eigenvalue weighted by atomic mass is 32.1. The molecule has 2 aromatic heterocycles. The van der Waals surface area contributed by atoms with E-state index in [4.69, 9.17) is 5.11 Å². The van der Waals surface area contributed by atoms with Crippen molar-refractivity contribution in [3.05, 3.63) is 44.3 Å². The van der Waals surface area contributed by atoms with E-state index in [1.54, 1.807) is 17.4 Å². The lowest BCUT2D eigenvalue weighted by molar-refractivity contribution is 0.0955. The fourth-order valence-electron chi connectivity index (χ4n) is 1.38. The van der Waals surface area contributed by atoms with E-state index in [1.165, 1.54) is 11.3 Å². The molecular formula is C13H11NO2S2. The second-order valence-corrected chi connectivity index (χ2v) is 5.33. The fraction of sp³-hybridized carbons (Fsp3) is 0.154. The Morgan fingerprint density at radius 1 is 1.33 bits per heavy atom. The number of carbonyl (C=O) groups is 1. The first-order chi connectivity index (χ1) is 8.81. The molecule has 0 atom stereocenters. The molecule has 3 nitrogen and oxygen atoms in total. The van der Waals surface area contributed by atoms with Crippen molar-refractivity contribution in [3.8, 4) is 11.8 Å². The van der Waals surface area contributed by atoms with Crippen molar-refractivity contribution < 1.29 is 9.90 Å². The number of nitrogens with one attached hydrogen (secondary N) is 1. The highest BCUT2D eigenvalue weighted by Crippen LogP contribution is 2.16. The molecule has 2 heterocycles. The van der Waals surface area contributed by atoms with Crippen molar-refractivity contribution in [1.82, 2.24) is 5.32 Å². The first-order valence-corrected chi connectivity index (χ1v) is 7.05. The Labute approximate surface area is 113 Å². The minimum atomic E-state index is -0.156. The van der Waals surface area contributed by atoms with Gasteiger partial charge in [-0.05, 0) is 22.9 Å². The largest absolute Gasteiger partial charge is 0.384 e. The summed E-state index contributed by atoms with van der Waals surface area (Å²) in [6, 6.07) is 5.53. The second-order valence-electron chi connectivity index (χ2n) is 3.38. The van der Waals surface area contributed by atoms with E-state index in [0.29, 0.717) is 11.4 Å². The molecule has 0 aliphatic heterocycles. The predicted octanol–water partition coefficient (Wildman–Crippen LogP) is 2.08. The number of carbonyl (C=O) groups excluding carboxylic acids is 1. The summed E-state index contributed by atoms with van der Waals surface area (Å²) in [7, 11) is 0. The van der Waals surface area contributed by atoms with Gasteiger partial charge in [-0.25, -0.2) is 0 Å². The van der Waals surface area contributed by atoms with Gasteiger partial charge in [0.05, 0.1) is 11.4 Å². The standard InChI is InChI=1S/C13H11NO2S2/c15-6-1-3-10-5-8-18-12(10)9-14-13(16)11-4-2-7-17-11/h2,4-5,7-8,15H,6,9H2,(H,14,16). The van der Waals surface area contributed by atoms with Crippen LogP contribution in [0.2, 0.25) is 0 Å². The molecule has 0 radical (unpaired) electrons. The zero-order valence-corrected chi connectivity index (χ0v) is 11.1. The van der Waals surface area contributed by atoms with E-state index in [2.05, 4.69) is 17.2 Å². The van der Waals surface area contributed by atoms with Crippen molar-refractivity contribution in [1.29, 1.82) is 0 Å². The van der Waals surface area contributed by atoms with Crippen LogP contribution in [0.5, 0.6) is 0 Å². The maximum Gasteiger partial charge on any atom is 0.261 e. The van der Waals surface area contributed by atoms with Gasteiger partial charge in [0.2, 0.25) is 0 Å². The Bertz CT molecular complexity index is 576. The van der Waals surface area contributed by atoms with Crippen LogP contribution in [0, 0.1) is 11.8 Å². The molecule has 1 amide bonds. The zero-order valence-electron chi connectivity index (χ0n) is 9.47. The van der Waals surface area contributed by atoms with E-state index in [0.717, 1.165) is 10.4 Å². The van der Waals surface area contributed by atoms with E-state index in [9.17, 15) is 4.79 Å². The van der Waals surface area contributed by atoms with Crippen molar-refractivity contribution >= 4 is 28.6 Å². The molecule has 0 aliphatic rings. The summed E-state index contributed by atoms with van der Waals surface area (Å²) in [4.78, 5) is 13.5. The third-order valence-electron chi connectivity index (χ3n) is 2.20. The van der Waals surface area contributed by atoms with Gasteiger partial charge in [-0.15, -0.1) is 22.7 Å². The third kappa shape index (κ3) is 3.20. The molecule has 92 valence electrons. The molecule has 2 aromatic rings. The average molecular weight is 277 g/mol. The highest BCUT2D eigenvalue weighted by Gasteiger charge is 2.07. The van der Waals surface area contributed by atoms with Crippen LogP contribution in [0.15, 0.2) is 29.0 Å². The predicted molar refractivity (Wildman–Crippen MR) is 73.8 cm³/mol. The van der Waals surface area contributed by atoms with E-state index < -0.39 is 0 Å². The van der Waals surface area contributed by atoms with Crippen LogP contribution >= 0.6 is 22.7 Å². The van der Waals surface area contributed by atoms with Crippen molar-refractivity contribution in [3.63, 3.8) is 0 Å². The summed E-state index contributed by atoms with van der Waals surface area (Å²) < 4.78 is 0. The molecule has 0 bridgehead atoms. The zero-order chi connectivity index (χ0) is 12.8. The lowest BCUT2D eigenvalue weighted by Crippen LogP contribution is -2.21. The quantitative estimate of drug-likeness (QED) is 0.844. The van der Waals surface area contributed by atoms with Crippen LogP contribution in [-0.2, 0) is 6.54 Å². The van der Waals surface area contributed by atoms with Gasteiger partial charge in [0.25, 0.3) is 5.91 Å². The second kappa shape index (κ2) is 6.36.